The zero-order valence-electron chi connectivity index (χ0n) is 11.2. The molecule has 3 aromatic rings. The van der Waals surface area contributed by atoms with Crippen molar-refractivity contribution in [3.05, 3.63) is 58.7 Å². The molecule has 2 nitrogen and oxygen atoms in total. The van der Waals surface area contributed by atoms with Crippen molar-refractivity contribution in [1.29, 1.82) is 0 Å². The molecule has 3 rings (SSSR count). The van der Waals surface area contributed by atoms with Gasteiger partial charge in [0.2, 0.25) is 0 Å². The Kier molecular flexibility index (Phi) is 3.55. The van der Waals surface area contributed by atoms with Gasteiger partial charge >= 0.3 is 0 Å². The summed E-state index contributed by atoms with van der Waals surface area (Å²) in [5.74, 6) is -0.296. The van der Waals surface area contributed by atoms with Gasteiger partial charge in [-0.3, -0.25) is 0 Å². The van der Waals surface area contributed by atoms with Crippen LogP contribution in [0.1, 0.15) is 12.5 Å². The number of hydrogen-bond acceptors (Lipinski definition) is 2. The number of fused-ring (bicyclic) bond motifs is 1. The second-order valence-electron chi connectivity index (χ2n) is 4.66. The Bertz CT molecular complexity index is 817. The van der Waals surface area contributed by atoms with Gasteiger partial charge in [0.15, 0.2) is 5.82 Å². The number of hydrogen-bond donors (Lipinski definition) is 0. The fourth-order valence-electron chi connectivity index (χ4n) is 2.23. The summed E-state index contributed by atoms with van der Waals surface area (Å²) < 4.78 is 26.6. The molecule has 0 N–H and O–H groups in total. The van der Waals surface area contributed by atoms with Gasteiger partial charge in [-0.2, -0.15) is 0 Å². The molecule has 106 valence electrons. The van der Waals surface area contributed by atoms with Crippen LogP contribution < -0.4 is 0 Å². The fraction of sp³-hybridized carbons (Fsp3) is 0.125. The molecule has 1 heterocycles. The first kappa shape index (κ1) is 13.9. The zero-order chi connectivity index (χ0) is 15.0. The standard InChI is InChI=1S/C16H11ClF2N2/c1-2-9-7-12(19)8-13-14(9)20-16(21-15(13)17)10-3-5-11(18)6-4-10/h3-8H,2H2,1H3. The molecule has 0 saturated carbocycles. The van der Waals surface area contributed by atoms with Crippen LogP contribution in [0.2, 0.25) is 5.15 Å². The van der Waals surface area contributed by atoms with E-state index in [1.807, 2.05) is 6.92 Å². The summed E-state index contributed by atoms with van der Waals surface area (Å²) in [5.41, 5.74) is 2.04. The molecule has 0 aliphatic heterocycles. The Morgan fingerprint density at radius 3 is 2.38 bits per heavy atom. The van der Waals surface area contributed by atoms with Gasteiger partial charge in [-0.15, -0.1) is 0 Å². The van der Waals surface area contributed by atoms with Crippen LogP contribution in [0.15, 0.2) is 36.4 Å². The van der Waals surface area contributed by atoms with E-state index in [0.717, 1.165) is 5.56 Å². The zero-order valence-corrected chi connectivity index (χ0v) is 12.0. The minimum atomic E-state index is -0.362. The van der Waals surface area contributed by atoms with Crippen molar-refractivity contribution in [2.24, 2.45) is 0 Å². The number of aryl methyl sites for hydroxylation is 1. The molecule has 2 aromatic carbocycles. The molecule has 0 aliphatic rings. The molecular weight excluding hydrogens is 294 g/mol. The summed E-state index contributed by atoms with van der Waals surface area (Å²) in [6.45, 7) is 1.92. The normalized spacial score (nSPS) is 11.0. The van der Waals surface area contributed by atoms with Gasteiger partial charge < -0.3 is 0 Å². The summed E-state index contributed by atoms with van der Waals surface area (Å²) in [6.07, 6.45) is 0.629. The highest BCUT2D eigenvalue weighted by Gasteiger charge is 2.12. The van der Waals surface area contributed by atoms with E-state index in [9.17, 15) is 8.78 Å². The number of nitrogens with zero attached hydrogens (tertiary/aromatic N) is 2. The molecule has 0 aliphatic carbocycles. The van der Waals surface area contributed by atoms with Crippen molar-refractivity contribution < 1.29 is 8.78 Å². The molecule has 0 unspecified atom stereocenters. The van der Waals surface area contributed by atoms with Crippen LogP contribution in [-0.2, 0) is 6.42 Å². The van der Waals surface area contributed by atoms with Crippen LogP contribution in [0.4, 0.5) is 8.78 Å². The topological polar surface area (TPSA) is 25.8 Å². The molecule has 0 spiro atoms. The summed E-state index contributed by atoms with van der Waals surface area (Å²) >= 11 is 6.15. The van der Waals surface area contributed by atoms with Crippen LogP contribution in [0.25, 0.3) is 22.3 Å². The van der Waals surface area contributed by atoms with E-state index in [1.165, 1.54) is 24.3 Å². The number of benzene rings is 2. The Balaban J connectivity index is 2.27. The molecule has 21 heavy (non-hydrogen) atoms. The van der Waals surface area contributed by atoms with E-state index in [1.54, 1.807) is 12.1 Å². The van der Waals surface area contributed by atoms with Crippen molar-refractivity contribution in [3.63, 3.8) is 0 Å². The summed E-state index contributed by atoms with van der Waals surface area (Å²) in [7, 11) is 0. The van der Waals surface area contributed by atoms with Gasteiger partial charge in [-0.1, -0.05) is 18.5 Å². The fourth-order valence-corrected chi connectivity index (χ4v) is 2.45. The predicted octanol–water partition coefficient (Wildman–Crippen LogP) is 4.79. The maximum absolute atomic E-state index is 13.6. The predicted molar refractivity (Wildman–Crippen MR) is 79.3 cm³/mol. The average molecular weight is 305 g/mol. The second kappa shape index (κ2) is 5.37. The first-order chi connectivity index (χ1) is 10.1. The molecule has 0 radical (unpaired) electrons. The van der Waals surface area contributed by atoms with Crippen LogP contribution in [0, 0.1) is 11.6 Å². The highest BCUT2D eigenvalue weighted by atomic mass is 35.5. The summed E-state index contributed by atoms with van der Waals surface area (Å²) in [4.78, 5) is 8.65. The molecule has 0 amide bonds. The maximum atomic E-state index is 13.6. The van der Waals surface area contributed by atoms with Crippen LogP contribution in [-0.4, -0.2) is 9.97 Å². The third-order valence-corrected chi connectivity index (χ3v) is 3.57. The van der Waals surface area contributed by atoms with Crippen molar-refractivity contribution >= 4 is 22.5 Å². The van der Waals surface area contributed by atoms with Crippen molar-refractivity contribution in [2.45, 2.75) is 13.3 Å². The van der Waals surface area contributed by atoms with Crippen LogP contribution in [0.3, 0.4) is 0 Å². The molecule has 1 aromatic heterocycles. The summed E-state index contributed by atoms with van der Waals surface area (Å²) in [6, 6.07) is 8.61. The number of aromatic nitrogens is 2. The highest BCUT2D eigenvalue weighted by Crippen LogP contribution is 2.28. The molecule has 0 bridgehead atoms. The largest absolute Gasteiger partial charge is 0.228 e. The van der Waals surface area contributed by atoms with Gasteiger partial charge in [0, 0.05) is 10.9 Å². The Morgan fingerprint density at radius 2 is 1.71 bits per heavy atom. The lowest BCUT2D eigenvalue weighted by atomic mass is 10.1. The van der Waals surface area contributed by atoms with Crippen molar-refractivity contribution in [2.75, 3.05) is 0 Å². The number of rotatable bonds is 2. The SMILES string of the molecule is CCc1cc(F)cc2c(Cl)nc(-c3ccc(F)cc3)nc12. The first-order valence-electron chi connectivity index (χ1n) is 6.50. The molecule has 0 saturated heterocycles. The third kappa shape index (κ3) is 2.59. The Hall–Kier alpha value is -2.07. The second-order valence-corrected chi connectivity index (χ2v) is 5.02. The van der Waals surface area contributed by atoms with Crippen molar-refractivity contribution in [3.8, 4) is 11.4 Å². The van der Waals surface area contributed by atoms with Crippen LogP contribution >= 0.6 is 11.6 Å². The third-order valence-electron chi connectivity index (χ3n) is 3.28. The Morgan fingerprint density at radius 1 is 1.00 bits per heavy atom. The monoisotopic (exact) mass is 304 g/mol. The molecule has 5 heteroatoms. The maximum Gasteiger partial charge on any atom is 0.161 e. The van der Waals surface area contributed by atoms with E-state index in [2.05, 4.69) is 9.97 Å². The lowest BCUT2D eigenvalue weighted by Crippen LogP contribution is -1.96. The first-order valence-corrected chi connectivity index (χ1v) is 6.88. The lowest BCUT2D eigenvalue weighted by molar-refractivity contribution is 0.627. The van der Waals surface area contributed by atoms with Gasteiger partial charge in [0.25, 0.3) is 0 Å². The minimum absolute atomic E-state index is 0.188. The van der Waals surface area contributed by atoms with Gasteiger partial charge in [-0.05, 0) is 48.4 Å². The van der Waals surface area contributed by atoms with E-state index in [4.69, 9.17) is 11.6 Å². The van der Waals surface area contributed by atoms with Crippen molar-refractivity contribution in [1.82, 2.24) is 9.97 Å². The van der Waals surface area contributed by atoms with Gasteiger partial charge in [0.1, 0.15) is 16.8 Å². The van der Waals surface area contributed by atoms with Gasteiger partial charge in [-0.25, -0.2) is 18.7 Å². The summed E-state index contributed by atoms with van der Waals surface area (Å²) in [5, 5.41) is 0.674. The molecular formula is C16H11ClF2N2. The lowest BCUT2D eigenvalue weighted by Gasteiger charge is -2.08. The average Bonchev–Trinajstić information content (AvgIpc) is 2.48. The van der Waals surface area contributed by atoms with E-state index in [0.29, 0.717) is 28.7 Å². The van der Waals surface area contributed by atoms with E-state index < -0.39 is 0 Å². The minimum Gasteiger partial charge on any atom is -0.228 e. The van der Waals surface area contributed by atoms with Gasteiger partial charge in [0.05, 0.1) is 5.52 Å². The van der Waals surface area contributed by atoms with E-state index >= 15 is 0 Å². The van der Waals surface area contributed by atoms with E-state index in [-0.39, 0.29) is 16.8 Å². The van der Waals surface area contributed by atoms with Crippen LogP contribution in [0.5, 0.6) is 0 Å². The smallest absolute Gasteiger partial charge is 0.161 e. The quantitative estimate of drug-likeness (QED) is 0.636. The highest BCUT2D eigenvalue weighted by molar-refractivity contribution is 6.34. The Labute approximate surface area is 125 Å². The number of halogens is 3. The molecule has 0 fully saturated rings. The molecule has 0 atom stereocenters.